The number of aromatic amines is 1. The van der Waals surface area contributed by atoms with Gasteiger partial charge in [0.15, 0.2) is 11.0 Å². The number of fused-ring (bicyclic) bond motifs is 2. The van der Waals surface area contributed by atoms with Crippen LogP contribution in [0.3, 0.4) is 0 Å². The summed E-state index contributed by atoms with van der Waals surface area (Å²) in [5.41, 5.74) is -0.638. The zero-order valence-corrected chi connectivity index (χ0v) is 12.7. The van der Waals surface area contributed by atoms with Crippen molar-refractivity contribution in [3.05, 3.63) is 27.7 Å². The summed E-state index contributed by atoms with van der Waals surface area (Å²) in [6.07, 6.45) is 2.09. The number of nitrogens with zero attached hydrogens (tertiary/aromatic N) is 3. The van der Waals surface area contributed by atoms with E-state index in [1.165, 1.54) is 6.20 Å². The maximum atomic E-state index is 14.1. The molecule has 2 fully saturated rings. The molecule has 4 rings (SSSR count). The highest BCUT2D eigenvalue weighted by Gasteiger charge is 2.55. The number of alkyl halides is 1. The van der Waals surface area contributed by atoms with E-state index < -0.39 is 11.5 Å². The molecule has 3 unspecified atom stereocenters. The molecule has 2 aromatic heterocycles. The first-order valence-electron chi connectivity index (χ1n) is 6.84. The fourth-order valence-electron chi connectivity index (χ4n) is 2.89. The van der Waals surface area contributed by atoms with Gasteiger partial charge in [-0.3, -0.25) is 0 Å². The molecule has 1 aliphatic heterocycles. The van der Waals surface area contributed by atoms with Gasteiger partial charge in [0.2, 0.25) is 0 Å². The SMILES string of the molecule is O=c1nc(N2CCCOC3C(Cl)C32)c2cnc(Cl)c(F)c2[nH]1. The monoisotopic (exact) mass is 344 g/mol. The van der Waals surface area contributed by atoms with Crippen molar-refractivity contribution in [3.63, 3.8) is 0 Å². The minimum Gasteiger partial charge on any atom is -0.374 e. The predicted octanol–water partition coefficient (Wildman–Crippen LogP) is 1.70. The average Bonchev–Trinajstić information content (AvgIpc) is 3.18. The highest BCUT2D eigenvalue weighted by molar-refractivity contribution is 6.30. The first kappa shape index (κ1) is 14.2. The molecule has 1 saturated carbocycles. The number of H-pyrrole nitrogens is 1. The van der Waals surface area contributed by atoms with E-state index in [9.17, 15) is 9.18 Å². The highest BCUT2D eigenvalue weighted by atomic mass is 35.5. The Hall–Kier alpha value is -1.44. The van der Waals surface area contributed by atoms with E-state index >= 15 is 0 Å². The number of ether oxygens (including phenoxy) is 1. The largest absolute Gasteiger partial charge is 0.374 e. The van der Waals surface area contributed by atoms with Crippen LogP contribution in [0.1, 0.15) is 6.42 Å². The Balaban J connectivity index is 1.91. The van der Waals surface area contributed by atoms with Crippen LogP contribution in [-0.4, -0.2) is 45.6 Å². The van der Waals surface area contributed by atoms with Gasteiger partial charge >= 0.3 is 5.69 Å². The molecule has 116 valence electrons. The molecule has 1 saturated heterocycles. The van der Waals surface area contributed by atoms with E-state index in [-0.39, 0.29) is 28.2 Å². The van der Waals surface area contributed by atoms with Crippen molar-refractivity contribution in [3.8, 4) is 0 Å². The first-order valence-corrected chi connectivity index (χ1v) is 7.65. The standard InChI is InChI=1S/C13H11Cl2FN4O2/c14-6-9-10(6)22-3-1-2-20(9)12-5-4-17-11(15)7(16)8(5)18-13(21)19-12/h4,6,9-10H,1-3H2,(H,18,19,21). The van der Waals surface area contributed by atoms with Gasteiger partial charge in [-0.05, 0) is 6.42 Å². The maximum absolute atomic E-state index is 14.1. The Morgan fingerprint density at radius 2 is 2.32 bits per heavy atom. The van der Waals surface area contributed by atoms with Crippen molar-refractivity contribution in [1.82, 2.24) is 15.0 Å². The van der Waals surface area contributed by atoms with E-state index in [4.69, 9.17) is 27.9 Å². The Bertz CT molecular complexity index is 814. The van der Waals surface area contributed by atoms with Crippen molar-refractivity contribution in [2.24, 2.45) is 0 Å². The van der Waals surface area contributed by atoms with Gasteiger partial charge in [-0.1, -0.05) is 11.6 Å². The van der Waals surface area contributed by atoms with Crippen LogP contribution in [-0.2, 0) is 4.74 Å². The molecule has 3 atom stereocenters. The second-order valence-electron chi connectivity index (χ2n) is 5.33. The van der Waals surface area contributed by atoms with E-state index in [1.807, 2.05) is 4.90 Å². The minimum absolute atomic E-state index is 0.00323. The van der Waals surface area contributed by atoms with Crippen LogP contribution >= 0.6 is 23.2 Å². The summed E-state index contributed by atoms with van der Waals surface area (Å²) >= 11 is 11.9. The predicted molar refractivity (Wildman–Crippen MR) is 80.3 cm³/mol. The third kappa shape index (κ3) is 2.07. The summed E-state index contributed by atoms with van der Waals surface area (Å²) in [4.78, 5) is 23.9. The third-order valence-electron chi connectivity index (χ3n) is 3.98. The van der Waals surface area contributed by atoms with Crippen LogP contribution in [0, 0.1) is 5.82 Å². The van der Waals surface area contributed by atoms with Crippen LogP contribution in [0.2, 0.25) is 5.15 Å². The molecule has 0 radical (unpaired) electrons. The van der Waals surface area contributed by atoms with Gasteiger partial charge < -0.3 is 14.6 Å². The van der Waals surface area contributed by atoms with Crippen molar-refractivity contribution in [2.45, 2.75) is 23.9 Å². The topological polar surface area (TPSA) is 71.1 Å². The van der Waals surface area contributed by atoms with Gasteiger partial charge in [-0.15, -0.1) is 11.6 Å². The van der Waals surface area contributed by atoms with Crippen LogP contribution < -0.4 is 10.6 Å². The lowest BCUT2D eigenvalue weighted by molar-refractivity contribution is 0.124. The number of pyridine rings is 1. The van der Waals surface area contributed by atoms with Gasteiger partial charge in [0, 0.05) is 19.3 Å². The highest BCUT2D eigenvalue weighted by Crippen LogP contribution is 2.42. The molecule has 0 aromatic carbocycles. The minimum atomic E-state index is -0.763. The fraction of sp³-hybridized carbons (Fsp3) is 0.462. The molecule has 1 N–H and O–H groups in total. The van der Waals surface area contributed by atoms with Gasteiger partial charge in [-0.25, -0.2) is 14.2 Å². The number of aromatic nitrogens is 3. The summed E-state index contributed by atoms with van der Waals surface area (Å²) in [5.74, 6) is -0.397. The fourth-order valence-corrected chi connectivity index (χ4v) is 3.45. The molecule has 22 heavy (non-hydrogen) atoms. The summed E-state index contributed by atoms with van der Waals surface area (Å²) < 4.78 is 19.8. The lowest BCUT2D eigenvalue weighted by Crippen LogP contribution is -2.32. The normalized spacial score (nSPS) is 27.6. The molecule has 3 heterocycles. The van der Waals surface area contributed by atoms with E-state index in [1.54, 1.807) is 0 Å². The third-order valence-corrected chi connectivity index (χ3v) is 4.75. The van der Waals surface area contributed by atoms with Crippen molar-refractivity contribution in [2.75, 3.05) is 18.1 Å². The number of hydrogen-bond acceptors (Lipinski definition) is 5. The maximum Gasteiger partial charge on any atom is 0.347 e. The number of nitrogens with one attached hydrogen (secondary N) is 1. The number of halogens is 3. The molecular weight excluding hydrogens is 334 g/mol. The van der Waals surface area contributed by atoms with E-state index in [0.29, 0.717) is 24.4 Å². The summed E-state index contributed by atoms with van der Waals surface area (Å²) in [5, 5.41) is -0.0570. The molecule has 0 bridgehead atoms. The van der Waals surface area contributed by atoms with Gasteiger partial charge in [0.1, 0.15) is 5.82 Å². The molecule has 9 heteroatoms. The molecular formula is C13H11Cl2FN4O2. The molecule has 0 spiro atoms. The van der Waals surface area contributed by atoms with Crippen molar-refractivity contribution < 1.29 is 9.13 Å². The second kappa shape index (κ2) is 5.04. The Morgan fingerprint density at radius 1 is 1.50 bits per heavy atom. The summed E-state index contributed by atoms with van der Waals surface area (Å²) in [7, 11) is 0. The quantitative estimate of drug-likeness (QED) is 0.629. The molecule has 6 nitrogen and oxygen atoms in total. The van der Waals surface area contributed by atoms with Crippen LogP contribution in [0.15, 0.2) is 11.0 Å². The van der Waals surface area contributed by atoms with Crippen LogP contribution in [0.4, 0.5) is 10.2 Å². The van der Waals surface area contributed by atoms with Gasteiger partial charge in [0.05, 0.1) is 28.4 Å². The molecule has 1 aliphatic carbocycles. The number of rotatable bonds is 1. The van der Waals surface area contributed by atoms with Gasteiger partial charge in [-0.2, -0.15) is 4.98 Å². The lowest BCUT2D eigenvalue weighted by atomic mass is 10.2. The molecule has 2 aliphatic rings. The van der Waals surface area contributed by atoms with Crippen molar-refractivity contribution >= 4 is 39.9 Å². The first-order chi connectivity index (χ1) is 10.6. The Labute approximate surface area is 134 Å². The number of hydrogen-bond donors (Lipinski definition) is 1. The molecule has 2 aromatic rings. The zero-order valence-electron chi connectivity index (χ0n) is 11.2. The summed E-state index contributed by atoms with van der Waals surface area (Å²) in [6.45, 7) is 1.22. The zero-order chi connectivity index (χ0) is 15.4. The second-order valence-corrected chi connectivity index (χ2v) is 6.20. The molecule has 0 amide bonds. The smallest absolute Gasteiger partial charge is 0.347 e. The Morgan fingerprint density at radius 3 is 3.14 bits per heavy atom. The van der Waals surface area contributed by atoms with E-state index in [0.717, 1.165) is 6.42 Å². The van der Waals surface area contributed by atoms with Crippen LogP contribution in [0.25, 0.3) is 10.9 Å². The number of anilines is 1. The summed E-state index contributed by atoms with van der Waals surface area (Å²) in [6, 6.07) is -0.0691. The average molecular weight is 345 g/mol. The van der Waals surface area contributed by atoms with Crippen molar-refractivity contribution in [1.29, 1.82) is 0 Å². The Kier molecular flexibility index (Phi) is 3.25. The lowest BCUT2D eigenvalue weighted by Gasteiger charge is -2.23. The van der Waals surface area contributed by atoms with Gasteiger partial charge in [0.25, 0.3) is 0 Å². The van der Waals surface area contributed by atoms with Crippen LogP contribution in [0.5, 0.6) is 0 Å². The van der Waals surface area contributed by atoms with E-state index in [2.05, 4.69) is 15.0 Å².